The fourth-order valence-electron chi connectivity index (χ4n) is 4.52. The van der Waals surface area contributed by atoms with Crippen molar-refractivity contribution in [3.05, 3.63) is 16.8 Å². The Morgan fingerprint density at radius 2 is 2.22 bits per heavy atom. The summed E-state index contributed by atoms with van der Waals surface area (Å²) >= 11 is 1.78. The van der Waals surface area contributed by atoms with Crippen LogP contribution in [0.2, 0.25) is 0 Å². The summed E-state index contributed by atoms with van der Waals surface area (Å²) in [6.07, 6.45) is 8.50. The van der Waals surface area contributed by atoms with Gasteiger partial charge in [0.2, 0.25) is 5.91 Å². The number of nitrogens with one attached hydrogen (secondary N) is 1. The number of nitrogens with two attached hydrogens (primary N) is 1. The molecule has 122 valence electrons. The Kier molecular flexibility index (Phi) is 3.71. The van der Waals surface area contributed by atoms with Crippen LogP contribution in [0.4, 0.5) is 5.82 Å². The Morgan fingerprint density at radius 3 is 3.04 bits per heavy atom. The number of nitrogens with zero attached hydrogens (tertiary/aromatic N) is 2. The summed E-state index contributed by atoms with van der Waals surface area (Å²) in [5.41, 5.74) is 7.57. The minimum Gasteiger partial charge on any atom is -0.383 e. The quantitative estimate of drug-likeness (QED) is 0.887. The molecule has 6 heteroatoms. The van der Waals surface area contributed by atoms with E-state index in [4.69, 9.17) is 5.73 Å². The van der Waals surface area contributed by atoms with E-state index in [1.165, 1.54) is 29.7 Å². The minimum absolute atomic E-state index is 0.0846. The first kappa shape index (κ1) is 14.9. The molecule has 23 heavy (non-hydrogen) atoms. The number of aromatic nitrogens is 2. The van der Waals surface area contributed by atoms with Crippen LogP contribution in [0.1, 0.15) is 55.4 Å². The molecule has 0 aromatic carbocycles. The number of fused-ring (bicyclic) bond motifs is 3. The molecule has 2 aliphatic carbocycles. The molecule has 2 heterocycles. The average molecular weight is 330 g/mol. The van der Waals surface area contributed by atoms with E-state index in [0.717, 1.165) is 29.5 Å². The number of rotatable bonds is 2. The van der Waals surface area contributed by atoms with Gasteiger partial charge >= 0.3 is 0 Å². The van der Waals surface area contributed by atoms with Crippen molar-refractivity contribution in [2.45, 2.75) is 57.4 Å². The molecule has 3 N–H and O–H groups in total. The van der Waals surface area contributed by atoms with Crippen molar-refractivity contribution in [3.8, 4) is 0 Å². The van der Waals surface area contributed by atoms with Crippen LogP contribution in [-0.4, -0.2) is 21.9 Å². The SMILES string of the molecule is CC(=O)N[C@H]1CCCC(C2CCc3sc4ncnc(N)c4c32)C1. The van der Waals surface area contributed by atoms with E-state index in [1.807, 2.05) is 0 Å². The largest absolute Gasteiger partial charge is 0.383 e. The van der Waals surface area contributed by atoms with Crippen molar-refractivity contribution in [2.24, 2.45) is 5.92 Å². The molecule has 2 aliphatic rings. The highest BCUT2D eigenvalue weighted by atomic mass is 32.1. The Hall–Kier alpha value is -1.69. The fourth-order valence-corrected chi connectivity index (χ4v) is 5.75. The maximum absolute atomic E-state index is 11.4. The van der Waals surface area contributed by atoms with Crippen LogP contribution in [0.3, 0.4) is 0 Å². The molecule has 2 aromatic heterocycles. The summed E-state index contributed by atoms with van der Waals surface area (Å²) in [6, 6.07) is 0.328. The second-order valence-electron chi connectivity index (χ2n) is 6.85. The number of hydrogen-bond acceptors (Lipinski definition) is 5. The standard InChI is InChI=1S/C17H22N4OS/c1-9(22)21-11-4-2-3-10(7-11)12-5-6-13-14(12)15-16(18)19-8-20-17(15)23-13/h8,10-12H,2-7H2,1H3,(H,21,22)(H2,18,19,20)/t10?,11-,12?/m0/s1. The Morgan fingerprint density at radius 1 is 1.35 bits per heavy atom. The predicted molar refractivity (Wildman–Crippen MR) is 92.5 cm³/mol. The lowest BCUT2D eigenvalue weighted by Crippen LogP contribution is -2.38. The molecule has 0 spiro atoms. The van der Waals surface area contributed by atoms with Gasteiger partial charge in [0, 0.05) is 17.8 Å². The van der Waals surface area contributed by atoms with Crippen molar-refractivity contribution < 1.29 is 4.79 Å². The summed E-state index contributed by atoms with van der Waals surface area (Å²) in [7, 11) is 0. The van der Waals surface area contributed by atoms with E-state index in [1.54, 1.807) is 24.6 Å². The van der Waals surface area contributed by atoms with Crippen LogP contribution < -0.4 is 11.1 Å². The first-order valence-electron chi connectivity index (χ1n) is 8.42. The van der Waals surface area contributed by atoms with Gasteiger partial charge in [0.05, 0.1) is 5.39 Å². The highest BCUT2D eigenvalue weighted by Gasteiger charge is 2.36. The maximum atomic E-state index is 11.4. The van der Waals surface area contributed by atoms with Gasteiger partial charge < -0.3 is 11.1 Å². The van der Waals surface area contributed by atoms with Gasteiger partial charge in [-0.3, -0.25) is 4.79 Å². The van der Waals surface area contributed by atoms with Crippen LogP contribution in [0.15, 0.2) is 6.33 Å². The van der Waals surface area contributed by atoms with Crippen LogP contribution >= 0.6 is 11.3 Å². The third-order valence-corrected chi connectivity index (χ3v) is 6.55. The lowest BCUT2D eigenvalue weighted by molar-refractivity contribution is -0.120. The number of anilines is 1. The van der Waals surface area contributed by atoms with E-state index in [0.29, 0.717) is 23.7 Å². The first-order valence-corrected chi connectivity index (χ1v) is 9.24. The molecule has 0 aliphatic heterocycles. The number of amides is 1. The number of hydrogen-bond donors (Lipinski definition) is 2. The summed E-state index contributed by atoms with van der Waals surface area (Å²) < 4.78 is 0. The van der Waals surface area contributed by atoms with Crippen molar-refractivity contribution >= 4 is 33.3 Å². The summed E-state index contributed by atoms with van der Waals surface area (Å²) in [6.45, 7) is 1.61. The number of thiophene rings is 1. The number of nitrogen functional groups attached to an aromatic ring is 1. The maximum Gasteiger partial charge on any atom is 0.217 e. The monoisotopic (exact) mass is 330 g/mol. The lowest BCUT2D eigenvalue weighted by Gasteiger charge is -2.33. The summed E-state index contributed by atoms with van der Waals surface area (Å²) in [5, 5.41) is 4.21. The van der Waals surface area contributed by atoms with Gasteiger partial charge in [0.25, 0.3) is 0 Å². The molecule has 1 amide bonds. The van der Waals surface area contributed by atoms with E-state index in [2.05, 4.69) is 15.3 Å². The van der Waals surface area contributed by atoms with E-state index in [-0.39, 0.29) is 5.91 Å². The lowest BCUT2D eigenvalue weighted by atomic mass is 9.75. The minimum atomic E-state index is 0.0846. The second-order valence-corrected chi connectivity index (χ2v) is 7.93. The zero-order valence-electron chi connectivity index (χ0n) is 13.3. The fraction of sp³-hybridized carbons (Fsp3) is 0.588. The first-order chi connectivity index (χ1) is 11.1. The molecule has 0 bridgehead atoms. The normalized spacial score (nSPS) is 27.1. The van der Waals surface area contributed by atoms with Crippen LogP contribution in [0, 0.1) is 5.92 Å². The highest BCUT2D eigenvalue weighted by Crippen LogP contribution is 2.50. The van der Waals surface area contributed by atoms with E-state index < -0.39 is 0 Å². The Bertz CT molecular complexity index is 756. The Balaban J connectivity index is 1.65. The number of carbonyl (C=O) groups excluding carboxylic acids is 1. The molecular formula is C17H22N4OS. The number of carbonyl (C=O) groups is 1. The molecule has 0 radical (unpaired) electrons. The van der Waals surface area contributed by atoms with Gasteiger partial charge in [-0.2, -0.15) is 0 Å². The highest BCUT2D eigenvalue weighted by molar-refractivity contribution is 7.19. The smallest absolute Gasteiger partial charge is 0.217 e. The van der Waals surface area contributed by atoms with Crippen molar-refractivity contribution in [3.63, 3.8) is 0 Å². The molecule has 1 fully saturated rings. The van der Waals surface area contributed by atoms with Gasteiger partial charge in [-0.1, -0.05) is 6.42 Å². The zero-order chi connectivity index (χ0) is 16.0. The van der Waals surface area contributed by atoms with Gasteiger partial charge in [-0.15, -0.1) is 11.3 Å². The van der Waals surface area contributed by atoms with Crippen LogP contribution in [-0.2, 0) is 11.2 Å². The van der Waals surface area contributed by atoms with Crippen molar-refractivity contribution in [1.82, 2.24) is 15.3 Å². The van der Waals surface area contributed by atoms with Crippen molar-refractivity contribution in [1.29, 1.82) is 0 Å². The van der Waals surface area contributed by atoms with Crippen molar-refractivity contribution in [2.75, 3.05) is 5.73 Å². The molecule has 5 nitrogen and oxygen atoms in total. The molecule has 1 saturated carbocycles. The van der Waals surface area contributed by atoms with Gasteiger partial charge in [-0.05, 0) is 49.5 Å². The predicted octanol–water partition coefficient (Wildman–Crippen LogP) is 3.00. The van der Waals surface area contributed by atoms with E-state index in [9.17, 15) is 4.79 Å². The third kappa shape index (κ3) is 2.59. The van der Waals surface area contributed by atoms with Crippen LogP contribution in [0.5, 0.6) is 0 Å². The molecule has 2 aromatic rings. The van der Waals surface area contributed by atoms with Gasteiger partial charge in [-0.25, -0.2) is 9.97 Å². The third-order valence-electron chi connectivity index (χ3n) is 5.38. The summed E-state index contributed by atoms with van der Waals surface area (Å²) in [5.74, 6) is 1.87. The number of aryl methyl sites for hydroxylation is 1. The molecule has 0 saturated heterocycles. The van der Waals surface area contributed by atoms with E-state index >= 15 is 0 Å². The second kappa shape index (κ2) is 5.74. The van der Waals surface area contributed by atoms with Crippen LogP contribution in [0.25, 0.3) is 10.2 Å². The zero-order valence-corrected chi connectivity index (χ0v) is 14.2. The summed E-state index contributed by atoms with van der Waals surface area (Å²) in [4.78, 5) is 22.5. The molecule has 3 atom stereocenters. The molecule has 4 rings (SSSR count). The topological polar surface area (TPSA) is 80.9 Å². The van der Waals surface area contributed by atoms with Gasteiger partial charge in [0.1, 0.15) is 17.0 Å². The molecule has 2 unspecified atom stereocenters. The molecular weight excluding hydrogens is 308 g/mol. The average Bonchev–Trinajstić information content (AvgIpc) is 3.05. The van der Waals surface area contributed by atoms with Gasteiger partial charge in [0.15, 0.2) is 0 Å². The Labute approximate surface area is 139 Å².